The highest BCUT2D eigenvalue weighted by atomic mass is 35.5. The van der Waals surface area contributed by atoms with Gasteiger partial charge in [-0.3, -0.25) is 0 Å². The topological polar surface area (TPSA) is 74.3 Å². The molecule has 0 saturated heterocycles. The molecule has 1 aliphatic rings. The quantitative estimate of drug-likeness (QED) is 0.123. The average Bonchev–Trinajstić information content (AvgIpc) is 3.52. The second-order valence-electron chi connectivity index (χ2n) is 10.5. The van der Waals surface area contributed by atoms with Gasteiger partial charge in [0.15, 0.2) is 0 Å². The molecular weight excluding hydrogens is 655 g/mol. The number of benzene rings is 4. The number of hydrogen-bond donors (Lipinski definition) is 0. The summed E-state index contributed by atoms with van der Waals surface area (Å²) in [6.45, 7) is 3.79. The number of hydrogen-bond acceptors (Lipinski definition) is 6. The molecule has 0 aromatic heterocycles. The highest BCUT2D eigenvalue weighted by Gasteiger charge is 2.46. The van der Waals surface area contributed by atoms with Crippen LogP contribution >= 0.6 is 20.0 Å². The maximum absolute atomic E-state index is 15.5. The van der Waals surface area contributed by atoms with Crippen LogP contribution in [0.3, 0.4) is 0 Å². The number of rotatable bonds is 14. The predicted octanol–water partition coefficient (Wildman–Crippen LogP) is 8.78. The Labute approximate surface area is 275 Å². The molecule has 0 spiro atoms. The lowest BCUT2D eigenvalue weighted by atomic mass is 9.97. The van der Waals surface area contributed by atoms with Gasteiger partial charge in [-0.1, -0.05) is 66.2 Å². The van der Waals surface area contributed by atoms with Crippen LogP contribution in [0.25, 0.3) is 11.1 Å². The van der Waals surface area contributed by atoms with Crippen LogP contribution in [0.2, 0.25) is 5.02 Å². The number of methoxy groups -OCH3 is 1. The Bertz CT molecular complexity index is 1790. The van der Waals surface area contributed by atoms with Crippen molar-refractivity contribution in [3.05, 3.63) is 112 Å². The zero-order valence-electron chi connectivity index (χ0n) is 25.7. The molecular formula is C34H35ClF2NO6PS. The molecule has 4 aromatic rings. The van der Waals surface area contributed by atoms with Gasteiger partial charge in [-0.25, -0.2) is 8.42 Å². The fraction of sp³-hybridized carbons (Fsp3) is 0.294. The predicted molar refractivity (Wildman–Crippen MR) is 176 cm³/mol. The van der Waals surface area contributed by atoms with E-state index in [1.54, 1.807) is 32.0 Å². The minimum Gasteiger partial charge on any atom is -0.495 e. The van der Waals surface area contributed by atoms with Gasteiger partial charge < -0.3 is 18.5 Å². The van der Waals surface area contributed by atoms with Gasteiger partial charge in [-0.05, 0) is 72.0 Å². The molecule has 0 unspecified atom stereocenters. The maximum Gasteiger partial charge on any atom is 0.341 e. The first-order chi connectivity index (χ1) is 22.1. The summed E-state index contributed by atoms with van der Waals surface area (Å²) in [5.74, 6) is 1.04. The molecule has 0 fully saturated rings. The van der Waals surface area contributed by atoms with Gasteiger partial charge in [0.25, 0.3) is 8.38 Å². The van der Waals surface area contributed by atoms with E-state index >= 15 is 8.78 Å². The van der Waals surface area contributed by atoms with Crippen LogP contribution in [0.1, 0.15) is 36.1 Å². The molecule has 12 heteroatoms. The zero-order valence-corrected chi connectivity index (χ0v) is 28.2. The lowest BCUT2D eigenvalue weighted by Crippen LogP contribution is -2.31. The number of nitrogens with zero attached hydrogens (tertiary/aromatic N) is 1. The number of fused-ring (bicyclic) bond motifs is 1. The Morgan fingerprint density at radius 1 is 0.935 bits per heavy atom. The van der Waals surface area contributed by atoms with Crippen LogP contribution in [0.4, 0.5) is 8.78 Å². The van der Waals surface area contributed by atoms with Crippen LogP contribution in [-0.2, 0) is 44.2 Å². The van der Waals surface area contributed by atoms with Crippen molar-refractivity contribution in [2.75, 3.05) is 26.9 Å². The highest BCUT2D eigenvalue weighted by Crippen LogP contribution is 2.61. The average molecular weight is 690 g/mol. The van der Waals surface area contributed by atoms with Crippen molar-refractivity contribution in [1.29, 1.82) is 0 Å². The molecule has 0 amide bonds. The second kappa shape index (κ2) is 14.8. The fourth-order valence-corrected chi connectivity index (χ4v) is 8.53. The van der Waals surface area contributed by atoms with Gasteiger partial charge >= 0.3 is 5.66 Å². The SMILES string of the molecule is CCOP(OCC)C(F)(F)c1ccc(CN(Cc2ccccc2-c2ccc3c(c2)CCO3)S(=O)(=O)c2ccccc2OC)cc1Cl. The Balaban J connectivity index is 1.54. The van der Waals surface area contributed by atoms with Gasteiger partial charge in [0, 0.05) is 25.1 Å². The summed E-state index contributed by atoms with van der Waals surface area (Å²) in [6.07, 6.45) is 0.798. The van der Waals surface area contributed by atoms with Crippen molar-refractivity contribution in [2.45, 2.75) is 43.9 Å². The molecule has 1 heterocycles. The Morgan fingerprint density at radius 3 is 2.37 bits per heavy atom. The van der Waals surface area contributed by atoms with E-state index in [2.05, 4.69) is 6.07 Å². The van der Waals surface area contributed by atoms with Gasteiger partial charge in [-0.15, -0.1) is 0 Å². The fourth-order valence-electron chi connectivity index (χ4n) is 5.32. The molecule has 7 nitrogen and oxygen atoms in total. The molecule has 4 aromatic carbocycles. The Morgan fingerprint density at radius 2 is 1.65 bits per heavy atom. The van der Waals surface area contributed by atoms with Crippen LogP contribution in [0, 0.1) is 0 Å². The Kier molecular flexibility index (Phi) is 11.0. The molecule has 0 N–H and O–H groups in total. The summed E-state index contributed by atoms with van der Waals surface area (Å²) >= 11 is 6.45. The minimum absolute atomic E-state index is 0.0142. The molecule has 0 atom stereocenters. The maximum atomic E-state index is 15.5. The van der Waals surface area contributed by atoms with E-state index in [9.17, 15) is 8.42 Å². The standard InChI is InChI=1S/C34H35ClF2NO6PS/c1-4-43-45(44-5-2)34(36,37)29-16-14-24(20-30(29)35)22-38(46(39,40)33-13-9-8-12-32(33)41-3)23-27-10-6-7-11-28(27)25-15-17-31-26(21-25)18-19-42-31/h6-17,20-21H,4-5,18-19,22-23H2,1-3H3. The summed E-state index contributed by atoms with van der Waals surface area (Å²) in [5, 5.41) is -0.218. The first kappa shape index (κ1) is 34.2. The van der Waals surface area contributed by atoms with E-state index in [0.29, 0.717) is 12.2 Å². The second-order valence-corrected chi connectivity index (χ2v) is 14.4. The lowest BCUT2D eigenvalue weighted by Gasteiger charge is -2.27. The van der Waals surface area contributed by atoms with Crippen LogP contribution in [0.15, 0.2) is 89.8 Å². The molecule has 0 bridgehead atoms. The van der Waals surface area contributed by atoms with Gasteiger partial charge in [0.2, 0.25) is 10.0 Å². The van der Waals surface area contributed by atoms with Crippen molar-refractivity contribution in [3.8, 4) is 22.6 Å². The third kappa shape index (κ3) is 7.23. The molecule has 0 saturated carbocycles. The van der Waals surface area contributed by atoms with E-state index in [1.807, 2.05) is 36.4 Å². The summed E-state index contributed by atoms with van der Waals surface area (Å²) in [5.41, 5.74) is 0.140. The van der Waals surface area contributed by atoms with Crippen molar-refractivity contribution < 1.29 is 35.7 Å². The van der Waals surface area contributed by atoms with Crippen LogP contribution < -0.4 is 9.47 Å². The van der Waals surface area contributed by atoms with E-state index in [1.165, 1.54) is 35.7 Å². The van der Waals surface area contributed by atoms with E-state index in [-0.39, 0.29) is 42.0 Å². The van der Waals surface area contributed by atoms with Crippen molar-refractivity contribution in [3.63, 3.8) is 0 Å². The molecule has 0 aliphatic carbocycles. The largest absolute Gasteiger partial charge is 0.495 e. The summed E-state index contributed by atoms with van der Waals surface area (Å²) < 4.78 is 82.4. The number of sulfonamides is 1. The normalized spacial score (nSPS) is 13.2. The van der Waals surface area contributed by atoms with Crippen LogP contribution in [0.5, 0.6) is 11.5 Å². The van der Waals surface area contributed by atoms with Gasteiger partial charge in [-0.2, -0.15) is 13.1 Å². The van der Waals surface area contributed by atoms with Crippen molar-refractivity contribution in [1.82, 2.24) is 4.31 Å². The number of ether oxygens (including phenoxy) is 2. The monoisotopic (exact) mass is 689 g/mol. The number of halogens is 3. The Hall–Kier alpha value is -3.11. The highest BCUT2D eigenvalue weighted by molar-refractivity contribution is 7.89. The van der Waals surface area contributed by atoms with E-state index < -0.39 is 29.6 Å². The first-order valence-corrected chi connectivity index (χ1v) is 17.8. The molecule has 46 heavy (non-hydrogen) atoms. The number of alkyl halides is 2. The summed E-state index contributed by atoms with van der Waals surface area (Å²) in [6, 6.07) is 23.9. The van der Waals surface area contributed by atoms with E-state index in [4.69, 9.17) is 30.1 Å². The third-order valence-electron chi connectivity index (χ3n) is 7.49. The number of para-hydroxylation sites is 1. The van der Waals surface area contributed by atoms with E-state index in [0.717, 1.165) is 34.4 Å². The molecule has 0 radical (unpaired) electrons. The first-order valence-electron chi connectivity index (χ1n) is 14.8. The van der Waals surface area contributed by atoms with Crippen molar-refractivity contribution in [2.24, 2.45) is 0 Å². The third-order valence-corrected chi connectivity index (χ3v) is 11.3. The smallest absolute Gasteiger partial charge is 0.341 e. The summed E-state index contributed by atoms with van der Waals surface area (Å²) in [4.78, 5) is -0.0158. The van der Waals surface area contributed by atoms with Crippen LogP contribution in [-0.4, -0.2) is 39.7 Å². The van der Waals surface area contributed by atoms with Crippen molar-refractivity contribution >= 4 is 30.0 Å². The molecule has 244 valence electrons. The molecule has 1 aliphatic heterocycles. The van der Waals surface area contributed by atoms with Gasteiger partial charge in [0.1, 0.15) is 16.4 Å². The zero-order chi connectivity index (χ0) is 32.9. The minimum atomic E-state index is -4.17. The summed E-state index contributed by atoms with van der Waals surface area (Å²) in [7, 11) is -5.35. The van der Waals surface area contributed by atoms with Gasteiger partial charge in [0.05, 0.1) is 32.0 Å². The lowest BCUT2D eigenvalue weighted by molar-refractivity contribution is 0.0571. The molecule has 5 rings (SSSR count).